The molecule has 0 saturated heterocycles. The van der Waals surface area contributed by atoms with Gasteiger partial charge in [0, 0.05) is 35.5 Å². The third kappa shape index (κ3) is 5.19. The monoisotopic (exact) mass is 551 g/mol. The lowest BCUT2D eigenvalue weighted by atomic mass is 10.0. The van der Waals surface area contributed by atoms with Crippen LogP contribution in [0.5, 0.6) is 0 Å². The topological polar surface area (TPSA) is 30.3 Å². The minimum absolute atomic E-state index is 0.655. The molecule has 0 amide bonds. The molecule has 0 atom stereocenters. The van der Waals surface area contributed by atoms with Gasteiger partial charge >= 0.3 is 0 Å². The van der Waals surface area contributed by atoms with E-state index in [-0.39, 0.29) is 0 Å². The SMILES string of the molecule is CN(c1ccc(-c2ccc(N(c3ccc4ccccc4c3)c3ccc4ccccc4c3)cc2)cc1)c1cccc(C#N)c1. The number of nitrogens with zero attached hydrogens (tertiary/aromatic N) is 3. The van der Waals surface area contributed by atoms with Gasteiger partial charge in [-0.05, 0) is 99.4 Å². The Morgan fingerprint density at radius 2 is 0.907 bits per heavy atom. The van der Waals surface area contributed by atoms with Gasteiger partial charge in [0.25, 0.3) is 0 Å². The zero-order valence-electron chi connectivity index (χ0n) is 23.9. The van der Waals surface area contributed by atoms with Crippen LogP contribution in [0.2, 0.25) is 0 Å². The summed E-state index contributed by atoms with van der Waals surface area (Å²) in [5.74, 6) is 0. The highest BCUT2D eigenvalue weighted by atomic mass is 15.1. The summed E-state index contributed by atoms with van der Waals surface area (Å²) in [5.41, 5.74) is 8.35. The quantitative estimate of drug-likeness (QED) is 0.206. The molecular formula is C40H29N3. The Morgan fingerprint density at radius 1 is 0.419 bits per heavy atom. The van der Waals surface area contributed by atoms with Crippen LogP contribution in [0.4, 0.5) is 28.4 Å². The Balaban J connectivity index is 1.23. The van der Waals surface area contributed by atoms with Gasteiger partial charge in [-0.25, -0.2) is 0 Å². The molecule has 0 spiro atoms. The first-order valence-corrected chi connectivity index (χ1v) is 14.4. The molecule has 7 aromatic carbocycles. The molecule has 43 heavy (non-hydrogen) atoms. The average Bonchev–Trinajstić information content (AvgIpc) is 3.08. The Hall–Kier alpha value is -5.85. The Bertz CT molecular complexity index is 2030. The summed E-state index contributed by atoms with van der Waals surface area (Å²) in [4.78, 5) is 4.43. The normalized spacial score (nSPS) is 10.9. The number of nitriles is 1. The largest absolute Gasteiger partial charge is 0.345 e. The standard InChI is InChI=1S/C40H29N3/c1-42(38-12-6-7-29(25-38)28-41)36-19-13-32(14-20-36)33-15-21-37(22-16-33)43(39-23-17-30-8-2-4-10-34(30)26-39)40-24-18-31-9-3-5-11-35(31)27-40/h2-27H,1H3. The second kappa shape index (κ2) is 11.2. The minimum atomic E-state index is 0.655. The van der Waals surface area contributed by atoms with Crippen molar-refractivity contribution in [1.82, 2.24) is 0 Å². The van der Waals surface area contributed by atoms with Crippen molar-refractivity contribution < 1.29 is 0 Å². The van der Waals surface area contributed by atoms with E-state index in [2.05, 4.69) is 149 Å². The van der Waals surface area contributed by atoms with Crippen molar-refractivity contribution in [2.45, 2.75) is 0 Å². The summed E-state index contributed by atoms with van der Waals surface area (Å²) in [6.45, 7) is 0. The Morgan fingerprint density at radius 3 is 1.44 bits per heavy atom. The molecule has 0 aliphatic heterocycles. The van der Waals surface area contributed by atoms with Crippen molar-refractivity contribution in [3.8, 4) is 17.2 Å². The van der Waals surface area contributed by atoms with Crippen LogP contribution in [0.15, 0.2) is 158 Å². The third-order valence-corrected chi connectivity index (χ3v) is 8.06. The molecule has 0 unspecified atom stereocenters. The fourth-order valence-corrected chi connectivity index (χ4v) is 5.69. The minimum Gasteiger partial charge on any atom is -0.345 e. The molecule has 0 bridgehead atoms. The van der Waals surface area contributed by atoms with Crippen molar-refractivity contribution in [3.63, 3.8) is 0 Å². The molecule has 7 rings (SSSR count). The molecule has 0 saturated carbocycles. The number of rotatable bonds is 6. The predicted octanol–water partition coefficient (Wildman–Crippen LogP) is 10.8. The summed E-state index contributed by atoms with van der Waals surface area (Å²) in [7, 11) is 2.02. The van der Waals surface area contributed by atoms with Crippen molar-refractivity contribution in [3.05, 3.63) is 163 Å². The molecule has 0 aromatic heterocycles. The van der Waals surface area contributed by atoms with E-state index in [0.29, 0.717) is 5.56 Å². The summed E-state index contributed by atoms with van der Waals surface area (Å²) < 4.78 is 0. The van der Waals surface area contributed by atoms with Crippen LogP contribution in [0.3, 0.4) is 0 Å². The second-order valence-corrected chi connectivity index (χ2v) is 10.7. The van der Waals surface area contributed by atoms with Gasteiger partial charge in [-0.2, -0.15) is 5.26 Å². The van der Waals surface area contributed by atoms with Gasteiger partial charge in [0.05, 0.1) is 11.6 Å². The van der Waals surface area contributed by atoms with Crippen molar-refractivity contribution >= 4 is 50.0 Å². The van der Waals surface area contributed by atoms with Crippen LogP contribution < -0.4 is 9.80 Å². The molecular weight excluding hydrogens is 522 g/mol. The summed E-state index contributed by atoms with van der Waals surface area (Å²) >= 11 is 0. The zero-order valence-corrected chi connectivity index (χ0v) is 23.9. The first-order valence-electron chi connectivity index (χ1n) is 14.4. The van der Waals surface area contributed by atoms with Crippen LogP contribution in [0.25, 0.3) is 32.7 Å². The number of anilines is 5. The zero-order chi connectivity index (χ0) is 29.2. The predicted molar refractivity (Wildman–Crippen MR) is 181 cm³/mol. The van der Waals surface area contributed by atoms with E-state index in [1.807, 2.05) is 31.3 Å². The van der Waals surface area contributed by atoms with E-state index >= 15 is 0 Å². The lowest BCUT2D eigenvalue weighted by Gasteiger charge is -2.26. The fourth-order valence-electron chi connectivity index (χ4n) is 5.69. The Kier molecular flexibility index (Phi) is 6.79. The molecule has 0 N–H and O–H groups in total. The molecule has 0 aliphatic rings. The molecule has 0 radical (unpaired) electrons. The molecule has 204 valence electrons. The van der Waals surface area contributed by atoms with E-state index in [9.17, 15) is 5.26 Å². The van der Waals surface area contributed by atoms with Crippen LogP contribution in [-0.4, -0.2) is 7.05 Å². The lowest BCUT2D eigenvalue weighted by molar-refractivity contribution is 1.21. The number of hydrogen-bond acceptors (Lipinski definition) is 3. The maximum atomic E-state index is 9.27. The van der Waals surface area contributed by atoms with Gasteiger partial charge in [-0.3, -0.25) is 0 Å². The molecule has 3 nitrogen and oxygen atoms in total. The molecule has 0 heterocycles. The van der Waals surface area contributed by atoms with Crippen LogP contribution in [0, 0.1) is 11.3 Å². The van der Waals surface area contributed by atoms with Crippen LogP contribution in [0.1, 0.15) is 5.56 Å². The van der Waals surface area contributed by atoms with Crippen molar-refractivity contribution in [1.29, 1.82) is 5.26 Å². The summed E-state index contributed by atoms with van der Waals surface area (Å²) in [6, 6.07) is 57.5. The maximum Gasteiger partial charge on any atom is 0.0992 e. The lowest BCUT2D eigenvalue weighted by Crippen LogP contribution is -2.10. The molecule has 7 aromatic rings. The van der Waals surface area contributed by atoms with Crippen molar-refractivity contribution in [2.24, 2.45) is 0 Å². The highest BCUT2D eigenvalue weighted by molar-refractivity contribution is 5.92. The fraction of sp³-hybridized carbons (Fsp3) is 0.0250. The van der Waals surface area contributed by atoms with Crippen LogP contribution in [-0.2, 0) is 0 Å². The maximum absolute atomic E-state index is 9.27. The first-order chi connectivity index (χ1) is 21.2. The van der Waals surface area contributed by atoms with E-state index in [1.165, 1.54) is 21.5 Å². The highest BCUT2D eigenvalue weighted by Gasteiger charge is 2.14. The van der Waals surface area contributed by atoms with E-state index in [4.69, 9.17) is 0 Å². The number of benzene rings is 7. The first kappa shape index (κ1) is 26.1. The van der Waals surface area contributed by atoms with E-state index < -0.39 is 0 Å². The van der Waals surface area contributed by atoms with Gasteiger partial charge in [-0.1, -0.05) is 91.0 Å². The van der Waals surface area contributed by atoms with Gasteiger partial charge < -0.3 is 9.80 Å². The molecule has 0 aliphatic carbocycles. The summed E-state index contributed by atoms with van der Waals surface area (Å²) in [6.07, 6.45) is 0. The average molecular weight is 552 g/mol. The van der Waals surface area contributed by atoms with E-state index in [1.54, 1.807) is 0 Å². The number of fused-ring (bicyclic) bond motifs is 2. The molecule has 0 fully saturated rings. The van der Waals surface area contributed by atoms with Gasteiger partial charge in [0.1, 0.15) is 0 Å². The van der Waals surface area contributed by atoms with E-state index in [0.717, 1.165) is 39.6 Å². The number of hydrogen-bond donors (Lipinski definition) is 0. The van der Waals surface area contributed by atoms with Crippen LogP contribution >= 0.6 is 0 Å². The third-order valence-electron chi connectivity index (χ3n) is 8.06. The smallest absolute Gasteiger partial charge is 0.0992 e. The van der Waals surface area contributed by atoms with Crippen molar-refractivity contribution in [2.75, 3.05) is 16.8 Å². The van der Waals surface area contributed by atoms with Gasteiger partial charge in [0.15, 0.2) is 0 Å². The highest BCUT2D eigenvalue weighted by Crippen LogP contribution is 2.38. The van der Waals surface area contributed by atoms with Gasteiger partial charge in [-0.15, -0.1) is 0 Å². The molecule has 3 heteroatoms. The Labute approximate surface area is 252 Å². The van der Waals surface area contributed by atoms with Gasteiger partial charge in [0.2, 0.25) is 0 Å². The second-order valence-electron chi connectivity index (χ2n) is 10.7. The summed E-state index contributed by atoms with van der Waals surface area (Å²) in [5, 5.41) is 14.2.